The van der Waals surface area contributed by atoms with Crippen molar-refractivity contribution in [3.63, 3.8) is 0 Å². The van der Waals surface area contributed by atoms with Gasteiger partial charge in [0.1, 0.15) is 0 Å². The van der Waals surface area contributed by atoms with E-state index in [4.69, 9.17) is 11.3 Å². The normalized spacial score (nSPS) is 12.6. The Kier molecular flexibility index (Phi) is 4.54. The Hall–Kier alpha value is -3.68. The Morgan fingerprint density at radius 1 is 0.931 bits per heavy atom. The molecule has 146 valence electrons. The van der Waals surface area contributed by atoms with Gasteiger partial charge < -0.3 is 10.3 Å². The van der Waals surface area contributed by atoms with Crippen LogP contribution in [0.15, 0.2) is 77.1 Å². The van der Waals surface area contributed by atoms with Crippen molar-refractivity contribution >= 4 is 27.6 Å². The smallest absolute Gasteiger partial charge is 0.382 e. The molecule has 0 unspecified atom stereocenters. The lowest BCUT2D eigenvalue weighted by atomic mass is 10.1. The molecule has 0 fully saturated rings. The van der Waals surface area contributed by atoms with E-state index in [1.54, 1.807) is 6.07 Å². The molecule has 0 aliphatic rings. The van der Waals surface area contributed by atoms with E-state index in [-0.39, 0.29) is 5.84 Å². The van der Waals surface area contributed by atoms with Gasteiger partial charge in [-0.3, -0.25) is 0 Å². The molecule has 5 nitrogen and oxygen atoms in total. The summed E-state index contributed by atoms with van der Waals surface area (Å²) in [6.45, 7) is 0.424. The number of halogens is 3. The number of amidine groups is 1. The first kappa shape index (κ1) is 18.7. The maximum atomic E-state index is 12.8. The molecule has 1 heterocycles. The van der Waals surface area contributed by atoms with E-state index in [0.717, 1.165) is 39.5 Å². The molecule has 1 aromatic heterocycles. The van der Waals surface area contributed by atoms with Crippen molar-refractivity contribution in [1.29, 1.82) is 5.53 Å². The quantitative estimate of drug-likeness (QED) is 0.203. The number of aromatic nitrogens is 1. The molecule has 0 radical (unpaired) electrons. The van der Waals surface area contributed by atoms with Gasteiger partial charge in [0.05, 0.1) is 5.56 Å². The van der Waals surface area contributed by atoms with Gasteiger partial charge in [-0.05, 0) is 42.0 Å². The van der Waals surface area contributed by atoms with Crippen LogP contribution in [0.3, 0.4) is 0 Å². The van der Waals surface area contributed by atoms with Crippen LogP contribution < -0.4 is 5.73 Å². The van der Waals surface area contributed by atoms with Crippen molar-refractivity contribution in [3.8, 4) is 0 Å². The summed E-state index contributed by atoms with van der Waals surface area (Å²) in [5.74, 6) is 0.140. The topological polar surface area (TPSA) is 79.5 Å². The van der Waals surface area contributed by atoms with Gasteiger partial charge in [0, 0.05) is 33.9 Å². The standard InChI is InChI=1S/C21H16F3N5/c22-21(23,24)15-8-5-13(6-9-15)12-29-18-4-2-1-3-16(18)17-11-14(7-10-19(17)29)20(25)27-28-26/h1-11H,12H2,(H3,25,26,27). The van der Waals surface area contributed by atoms with E-state index in [2.05, 4.69) is 14.9 Å². The first-order valence-electron chi connectivity index (χ1n) is 8.76. The largest absolute Gasteiger partial charge is 0.416 e. The summed E-state index contributed by atoms with van der Waals surface area (Å²) in [4.78, 5) is 0. The van der Waals surface area contributed by atoms with Crippen molar-refractivity contribution in [2.24, 2.45) is 16.1 Å². The molecule has 3 aromatic carbocycles. The molecule has 3 N–H and O–H groups in total. The molecule has 0 atom stereocenters. The Labute approximate surface area is 163 Å². The number of fused-ring (bicyclic) bond motifs is 3. The number of hydrogen-bond donors (Lipinski definition) is 2. The van der Waals surface area contributed by atoms with Gasteiger partial charge in [-0.25, -0.2) is 0 Å². The summed E-state index contributed by atoms with van der Waals surface area (Å²) in [5.41, 5.74) is 15.3. The van der Waals surface area contributed by atoms with Crippen molar-refractivity contribution in [3.05, 3.63) is 83.4 Å². The summed E-state index contributed by atoms with van der Waals surface area (Å²) in [6, 6.07) is 18.5. The van der Waals surface area contributed by atoms with E-state index in [9.17, 15) is 13.2 Å². The van der Waals surface area contributed by atoms with Gasteiger partial charge in [0.15, 0.2) is 5.84 Å². The molecule has 0 saturated carbocycles. The number of nitrogens with zero attached hydrogens (tertiary/aromatic N) is 3. The minimum absolute atomic E-state index is 0.140. The van der Waals surface area contributed by atoms with E-state index in [1.165, 1.54) is 12.1 Å². The van der Waals surface area contributed by atoms with Crippen LogP contribution in [-0.4, -0.2) is 10.4 Å². The number of nitrogens with one attached hydrogen (secondary N) is 1. The van der Waals surface area contributed by atoms with Gasteiger partial charge in [-0.15, -0.1) is 5.10 Å². The molecule has 29 heavy (non-hydrogen) atoms. The monoisotopic (exact) mass is 395 g/mol. The highest BCUT2D eigenvalue weighted by Gasteiger charge is 2.29. The molecule has 0 amide bonds. The zero-order chi connectivity index (χ0) is 20.6. The van der Waals surface area contributed by atoms with Crippen LogP contribution in [-0.2, 0) is 12.7 Å². The van der Waals surface area contributed by atoms with Crippen LogP contribution in [0, 0.1) is 5.53 Å². The molecular formula is C21H16F3N5. The predicted octanol–water partition coefficient (Wildman–Crippen LogP) is 5.51. The first-order valence-corrected chi connectivity index (χ1v) is 8.76. The highest BCUT2D eigenvalue weighted by molar-refractivity contribution is 6.11. The van der Waals surface area contributed by atoms with Crippen LogP contribution in [0.4, 0.5) is 13.2 Å². The third-order valence-electron chi connectivity index (χ3n) is 4.85. The number of alkyl halides is 3. The first-order chi connectivity index (χ1) is 13.9. The van der Waals surface area contributed by atoms with Crippen LogP contribution in [0.5, 0.6) is 0 Å². The van der Waals surface area contributed by atoms with Crippen LogP contribution in [0.2, 0.25) is 0 Å². The number of nitrogens with two attached hydrogens (primary N) is 1. The van der Waals surface area contributed by atoms with Gasteiger partial charge in [-0.2, -0.15) is 18.7 Å². The van der Waals surface area contributed by atoms with Gasteiger partial charge >= 0.3 is 6.18 Å². The fraction of sp³-hybridized carbons (Fsp3) is 0.0952. The lowest BCUT2D eigenvalue weighted by Crippen LogP contribution is -2.12. The van der Waals surface area contributed by atoms with Gasteiger partial charge in [-0.1, -0.05) is 35.6 Å². The number of para-hydroxylation sites is 1. The zero-order valence-electron chi connectivity index (χ0n) is 15.1. The number of hydrogen-bond acceptors (Lipinski definition) is 2. The SMILES string of the molecule is N=N/N=C(\N)c1ccc2c(c1)c1ccccc1n2Cc1ccc(C(F)(F)F)cc1. The molecule has 4 aromatic rings. The molecule has 8 heteroatoms. The molecular weight excluding hydrogens is 379 g/mol. The van der Waals surface area contributed by atoms with E-state index < -0.39 is 11.7 Å². The second kappa shape index (κ2) is 7.05. The average Bonchev–Trinajstić information content (AvgIpc) is 3.01. The Bertz CT molecular complexity index is 1240. The Balaban J connectivity index is 1.83. The maximum absolute atomic E-state index is 12.8. The Morgan fingerprint density at radius 2 is 1.62 bits per heavy atom. The minimum Gasteiger partial charge on any atom is -0.382 e. The summed E-state index contributed by atoms with van der Waals surface area (Å²) in [5, 5.41) is 8.47. The summed E-state index contributed by atoms with van der Waals surface area (Å²) in [7, 11) is 0. The average molecular weight is 395 g/mol. The van der Waals surface area contributed by atoms with Crippen molar-refractivity contribution in [2.75, 3.05) is 0 Å². The third-order valence-corrected chi connectivity index (χ3v) is 4.85. The molecule has 0 saturated heterocycles. The highest BCUT2D eigenvalue weighted by Crippen LogP contribution is 2.32. The second-order valence-electron chi connectivity index (χ2n) is 6.62. The van der Waals surface area contributed by atoms with Crippen molar-refractivity contribution < 1.29 is 13.2 Å². The van der Waals surface area contributed by atoms with Crippen LogP contribution in [0.25, 0.3) is 21.8 Å². The lowest BCUT2D eigenvalue weighted by Gasteiger charge is -2.10. The fourth-order valence-corrected chi connectivity index (χ4v) is 3.48. The van der Waals surface area contributed by atoms with Gasteiger partial charge in [0.25, 0.3) is 0 Å². The maximum Gasteiger partial charge on any atom is 0.416 e. The molecule has 0 aliphatic carbocycles. The number of benzene rings is 3. The molecule has 0 aliphatic heterocycles. The van der Waals surface area contributed by atoms with E-state index in [1.807, 2.05) is 36.4 Å². The lowest BCUT2D eigenvalue weighted by molar-refractivity contribution is -0.137. The molecule has 0 bridgehead atoms. The van der Waals surface area contributed by atoms with Gasteiger partial charge in [0.2, 0.25) is 0 Å². The summed E-state index contributed by atoms with van der Waals surface area (Å²) >= 11 is 0. The van der Waals surface area contributed by atoms with Crippen LogP contribution in [0.1, 0.15) is 16.7 Å². The zero-order valence-corrected chi connectivity index (χ0v) is 15.1. The van der Waals surface area contributed by atoms with Crippen LogP contribution >= 0.6 is 0 Å². The summed E-state index contributed by atoms with van der Waals surface area (Å²) < 4.78 is 40.5. The minimum atomic E-state index is -4.35. The summed E-state index contributed by atoms with van der Waals surface area (Å²) in [6.07, 6.45) is -4.35. The number of rotatable bonds is 4. The molecule has 0 spiro atoms. The van der Waals surface area contributed by atoms with Crippen molar-refractivity contribution in [2.45, 2.75) is 12.7 Å². The van der Waals surface area contributed by atoms with Crippen molar-refractivity contribution in [1.82, 2.24) is 4.57 Å². The third kappa shape index (κ3) is 3.44. The highest BCUT2D eigenvalue weighted by atomic mass is 19.4. The van der Waals surface area contributed by atoms with E-state index in [0.29, 0.717) is 12.1 Å². The van der Waals surface area contributed by atoms with E-state index >= 15 is 0 Å². The predicted molar refractivity (Wildman–Crippen MR) is 106 cm³/mol. The fourth-order valence-electron chi connectivity index (χ4n) is 3.48. The second-order valence-corrected chi connectivity index (χ2v) is 6.62. The molecule has 4 rings (SSSR count). The Morgan fingerprint density at radius 3 is 2.31 bits per heavy atom.